The van der Waals surface area contributed by atoms with Gasteiger partial charge in [-0.25, -0.2) is 4.98 Å². The molecule has 4 nitrogen and oxygen atoms in total. The van der Waals surface area contributed by atoms with E-state index in [-0.39, 0.29) is 6.61 Å². The van der Waals surface area contributed by atoms with Crippen LogP contribution in [0.3, 0.4) is 0 Å². The van der Waals surface area contributed by atoms with Crippen LogP contribution in [0.5, 0.6) is 0 Å². The molecule has 1 saturated heterocycles. The molecule has 2 aromatic rings. The first-order chi connectivity index (χ1) is 8.79. The minimum atomic E-state index is 0.260. The minimum absolute atomic E-state index is 0.260. The summed E-state index contributed by atoms with van der Waals surface area (Å²) in [6.07, 6.45) is 6.30. The summed E-state index contributed by atoms with van der Waals surface area (Å²) in [5.74, 6) is 0. The molecule has 0 aliphatic carbocycles. The van der Waals surface area contributed by atoms with Crippen molar-refractivity contribution in [3.63, 3.8) is 0 Å². The summed E-state index contributed by atoms with van der Waals surface area (Å²) in [4.78, 5) is 6.84. The number of hydrogen-bond donors (Lipinski definition) is 1. The summed E-state index contributed by atoms with van der Waals surface area (Å²) in [5, 5.41) is 9.36. The quantitative estimate of drug-likeness (QED) is 0.893. The highest BCUT2D eigenvalue weighted by Gasteiger charge is 2.24. The Kier molecular flexibility index (Phi) is 3.06. The standard InChI is InChI=1S/C14H19N3O/c1-11-4-2-7-17-13(8-15-14(11)17)9-16-6-3-5-12(16)10-18/h2,4,7-8,12,18H,3,5-6,9-10H2,1H3/t12-/m1/s1. The maximum atomic E-state index is 9.36. The Hall–Kier alpha value is -1.39. The number of likely N-dealkylation sites (tertiary alicyclic amines) is 1. The number of nitrogens with zero attached hydrogens (tertiary/aromatic N) is 3. The Balaban J connectivity index is 1.89. The second-order valence-electron chi connectivity index (χ2n) is 5.08. The smallest absolute Gasteiger partial charge is 0.139 e. The number of fused-ring (bicyclic) bond motifs is 1. The van der Waals surface area contributed by atoms with Crippen LogP contribution >= 0.6 is 0 Å². The Morgan fingerprint density at radius 2 is 2.39 bits per heavy atom. The molecule has 2 aromatic heterocycles. The van der Waals surface area contributed by atoms with Crippen LogP contribution < -0.4 is 0 Å². The second kappa shape index (κ2) is 4.71. The summed E-state index contributed by atoms with van der Waals surface area (Å²) in [7, 11) is 0. The van der Waals surface area contributed by atoms with Crippen molar-refractivity contribution in [3.05, 3.63) is 35.8 Å². The first-order valence-electron chi connectivity index (χ1n) is 6.56. The predicted molar refractivity (Wildman–Crippen MR) is 70.4 cm³/mol. The van der Waals surface area contributed by atoms with Crippen LogP contribution in [0.1, 0.15) is 24.1 Å². The van der Waals surface area contributed by atoms with E-state index in [0.29, 0.717) is 6.04 Å². The molecule has 96 valence electrons. The topological polar surface area (TPSA) is 40.8 Å². The fourth-order valence-electron chi connectivity index (χ4n) is 2.84. The average Bonchev–Trinajstić information content (AvgIpc) is 2.98. The number of hydrogen-bond acceptors (Lipinski definition) is 3. The molecule has 1 N–H and O–H groups in total. The van der Waals surface area contributed by atoms with Gasteiger partial charge in [0.05, 0.1) is 18.5 Å². The summed E-state index contributed by atoms with van der Waals surface area (Å²) in [6.45, 7) is 4.29. The average molecular weight is 245 g/mol. The van der Waals surface area contributed by atoms with E-state index in [9.17, 15) is 5.11 Å². The number of aliphatic hydroxyl groups is 1. The first kappa shape index (κ1) is 11.7. The van der Waals surface area contributed by atoms with Gasteiger partial charge >= 0.3 is 0 Å². The Morgan fingerprint density at radius 3 is 3.22 bits per heavy atom. The lowest BCUT2D eigenvalue weighted by Crippen LogP contribution is -2.32. The highest BCUT2D eigenvalue weighted by atomic mass is 16.3. The SMILES string of the molecule is Cc1cccn2c(CN3CCC[C@@H]3CO)cnc12. The van der Waals surface area contributed by atoms with Crippen LogP contribution in [0.2, 0.25) is 0 Å². The van der Waals surface area contributed by atoms with E-state index in [1.54, 1.807) is 0 Å². The van der Waals surface area contributed by atoms with Gasteiger partial charge in [0, 0.05) is 18.8 Å². The number of rotatable bonds is 3. The van der Waals surface area contributed by atoms with Crippen molar-refractivity contribution in [3.8, 4) is 0 Å². The molecular formula is C14H19N3O. The van der Waals surface area contributed by atoms with Gasteiger partial charge in [-0.15, -0.1) is 0 Å². The summed E-state index contributed by atoms with van der Waals surface area (Å²) < 4.78 is 2.15. The van der Waals surface area contributed by atoms with Crippen LogP contribution in [-0.2, 0) is 6.54 Å². The highest BCUT2D eigenvalue weighted by Crippen LogP contribution is 2.20. The molecule has 1 fully saturated rings. The van der Waals surface area contributed by atoms with Gasteiger partial charge in [-0.2, -0.15) is 0 Å². The van der Waals surface area contributed by atoms with Gasteiger partial charge in [0.1, 0.15) is 5.65 Å². The van der Waals surface area contributed by atoms with E-state index in [1.807, 2.05) is 6.20 Å². The third kappa shape index (κ3) is 1.91. The van der Waals surface area contributed by atoms with Crippen LogP contribution in [0.4, 0.5) is 0 Å². The Bertz CT molecular complexity index is 549. The van der Waals surface area contributed by atoms with Gasteiger partial charge in [-0.05, 0) is 37.9 Å². The lowest BCUT2D eigenvalue weighted by molar-refractivity contribution is 0.152. The number of aromatic nitrogens is 2. The maximum Gasteiger partial charge on any atom is 0.139 e. The molecule has 0 radical (unpaired) electrons. The Morgan fingerprint density at radius 1 is 1.50 bits per heavy atom. The van der Waals surface area contributed by atoms with Crippen molar-refractivity contribution in [2.24, 2.45) is 0 Å². The highest BCUT2D eigenvalue weighted by molar-refractivity contribution is 5.48. The molecule has 1 aliphatic heterocycles. The Labute approximate surface area is 107 Å². The molecular weight excluding hydrogens is 226 g/mol. The van der Waals surface area contributed by atoms with Gasteiger partial charge in [0.15, 0.2) is 0 Å². The van der Waals surface area contributed by atoms with E-state index in [4.69, 9.17) is 0 Å². The van der Waals surface area contributed by atoms with Crippen LogP contribution in [0, 0.1) is 6.92 Å². The van der Waals surface area contributed by atoms with Gasteiger partial charge in [-0.3, -0.25) is 4.90 Å². The monoisotopic (exact) mass is 245 g/mol. The number of pyridine rings is 1. The lowest BCUT2D eigenvalue weighted by atomic mass is 10.2. The van der Waals surface area contributed by atoms with E-state index >= 15 is 0 Å². The third-order valence-electron chi connectivity index (χ3n) is 3.88. The molecule has 0 aromatic carbocycles. The van der Waals surface area contributed by atoms with Crippen molar-refractivity contribution in [1.82, 2.24) is 14.3 Å². The van der Waals surface area contributed by atoms with Crippen molar-refractivity contribution in [2.75, 3.05) is 13.2 Å². The normalized spacial score (nSPS) is 20.9. The zero-order valence-corrected chi connectivity index (χ0v) is 10.7. The zero-order chi connectivity index (χ0) is 12.5. The molecule has 1 aliphatic rings. The van der Waals surface area contributed by atoms with Crippen LogP contribution in [0.15, 0.2) is 24.5 Å². The molecule has 0 unspecified atom stereocenters. The molecule has 4 heteroatoms. The van der Waals surface area contributed by atoms with E-state index in [1.165, 1.54) is 17.7 Å². The van der Waals surface area contributed by atoms with Crippen LogP contribution in [0.25, 0.3) is 5.65 Å². The van der Waals surface area contributed by atoms with Crippen molar-refractivity contribution in [2.45, 2.75) is 32.4 Å². The fourth-order valence-corrected chi connectivity index (χ4v) is 2.84. The molecule has 18 heavy (non-hydrogen) atoms. The molecule has 3 rings (SSSR count). The van der Waals surface area contributed by atoms with Crippen molar-refractivity contribution in [1.29, 1.82) is 0 Å². The lowest BCUT2D eigenvalue weighted by Gasteiger charge is -2.22. The van der Waals surface area contributed by atoms with Gasteiger partial charge < -0.3 is 9.51 Å². The van der Waals surface area contributed by atoms with Crippen molar-refractivity contribution >= 4 is 5.65 Å². The minimum Gasteiger partial charge on any atom is -0.395 e. The summed E-state index contributed by atoms with van der Waals surface area (Å²) in [5.41, 5.74) is 3.44. The maximum absolute atomic E-state index is 9.36. The molecule has 1 atom stereocenters. The van der Waals surface area contributed by atoms with Crippen molar-refractivity contribution < 1.29 is 5.11 Å². The third-order valence-corrected chi connectivity index (χ3v) is 3.88. The van der Waals surface area contributed by atoms with Gasteiger partial charge in [-0.1, -0.05) is 6.07 Å². The molecule has 0 amide bonds. The van der Waals surface area contributed by atoms with E-state index in [2.05, 4.69) is 39.5 Å². The zero-order valence-electron chi connectivity index (χ0n) is 10.7. The summed E-state index contributed by atoms with van der Waals surface area (Å²) in [6, 6.07) is 4.46. The van der Waals surface area contributed by atoms with E-state index < -0.39 is 0 Å². The molecule has 0 saturated carbocycles. The van der Waals surface area contributed by atoms with Crippen LogP contribution in [-0.4, -0.2) is 38.6 Å². The fraction of sp³-hybridized carbons (Fsp3) is 0.500. The first-order valence-corrected chi connectivity index (χ1v) is 6.56. The molecule has 0 bridgehead atoms. The molecule has 3 heterocycles. The molecule has 0 spiro atoms. The van der Waals surface area contributed by atoms with E-state index in [0.717, 1.165) is 25.2 Å². The number of aryl methyl sites for hydroxylation is 1. The predicted octanol–water partition coefficient (Wildman–Crippen LogP) is 1.60. The van der Waals surface area contributed by atoms with Gasteiger partial charge in [0.2, 0.25) is 0 Å². The summed E-state index contributed by atoms with van der Waals surface area (Å²) >= 11 is 0. The van der Waals surface area contributed by atoms with Gasteiger partial charge in [0.25, 0.3) is 0 Å². The largest absolute Gasteiger partial charge is 0.395 e. The number of imidazole rings is 1. The number of aliphatic hydroxyl groups excluding tert-OH is 1. The second-order valence-corrected chi connectivity index (χ2v) is 5.08.